The van der Waals surface area contributed by atoms with Crippen LogP contribution < -0.4 is 5.73 Å². The van der Waals surface area contributed by atoms with E-state index in [1.807, 2.05) is 11.3 Å². The molecule has 0 saturated heterocycles. The van der Waals surface area contributed by atoms with Gasteiger partial charge in [-0.1, -0.05) is 26.2 Å². The topological polar surface area (TPSA) is 29.3 Å². The van der Waals surface area contributed by atoms with Crippen molar-refractivity contribution in [1.82, 2.24) is 4.90 Å². The lowest BCUT2D eigenvalue weighted by Crippen LogP contribution is -2.44. The van der Waals surface area contributed by atoms with Gasteiger partial charge in [-0.15, -0.1) is 11.3 Å². The van der Waals surface area contributed by atoms with Gasteiger partial charge in [0.25, 0.3) is 0 Å². The van der Waals surface area contributed by atoms with E-state index < -0.39 is 0 Å². The van der Waals surface area contributed by atoms with Crippen LogP contribution in [0.15, 0.2) is 15.9 Å². The Morgan fingerprint density at radius 2 is 2.05 bits per heavy atom. The van der Waals surface area contributed by atoms with E-state index in [9.17, 15) is 0 Å². The molecule has 1 aromatic heterocycles. The molecule has 0 radical (unpaired) electrons. The molecular formula is C15H25BrN2S. The third-order valence-corrected chi connectivity index (χ3v) is 6.05. The summed E-state index contributed by atoms with van der Waals surface area (Å²) in [5.41, 5.74) is 6.42. The van der Waals surface area contributed by atoms with Gasteiger partial charge in [0.1, 0.15) is 0 Å². The summed E-state index contributed by atoms with van der Waals surface area (Å²) in [4.78, 5) is 3.94. The first kappa shape index (κ1) is 15.5. The largest absolute Gasteiger partial charge is 0.326 e. The molecule has 1 aromatic rings. The molecule has 2 rings (SSSR count). The van der Waals surface area contributed by atoms with E-state index in [-0.39, 0.29) is 6.04 Å². The van der Waals surface area contributed by atoms with E-state index in [1.165, 1.54) is 40.8 Å². The van der Waals surface area contributed by atoms with E-state index in [4.69, 9.17) is 5.73 Å². The monoisotopic (exact) mass is 344 g/mol. The van der Waals surface area contributed by atoms with E-state index in [1.54, 1.807) is 0 Å². The number of nitrogens with zero attached hydrogens (tertiary/aromatic N) is 1. The summed E-state index contributed by atoms with van der Waals surface area (Å²) in [6.07, 6.45) is 7.83. The zero-order chi connectivity index (χ0) is 13.8. The summed E-state index contributed by atoms with van der Waals surface area (Å²) in [7, 11) is 2.27. The van der Waals surface area contributed by atoms with Crippen LogP contribution in [-0.4, -0.2) is 24.0 Å². The normalized spacial score (nSPS) is 20.7. The number of likely N-dealkylation sites (N-methyl/N-ethyl adjacent to an activating group) is 1. The maximum Gasteiger partial charge on any atom is 0.0702 e. The zero-order valence-electron chi connectivity index (χ0n) is 11.9. The average Bonchev–Trinajstić information content (AvgIpc) is 2.86. The summed E-state index contributed by atoms with van der Waals surface area (Å²) >= 11 is 5.40. The van der Waals surface area contributed by atoms with Crippen LogP contribution in [0.1, 0.15) is 56.4 Å². The lowest BCUT2D eigenvalue weighted by atomic mass is 9.92. The first-order valence-corrected chi connectivity index (χ1v) is 8.97. The number of rotatable bonds is 5. The predicted octanol–water partition coefficient (Wildman–Crippen LogP) is 4.55. The predicted molar refractivity (Wildman–Crippen MR) is 87.7 cm³/mol. The number of thiophene rings is 1. The second-order valence-electron chi connectivity index (χ2n) is 5.62. The fourth-order valence-corrected chi connectivity index (χ4v) is 4.79. The molecule has 0 bridgehead atoms. The Bertz CT molecular complexity index is 387. The molecule has 0 spiro atoms. The molecular weight excluding hydrogens is 320 g/mol. The Hall–Kier alpha value is 0.1000. The van der Waals surface area contributed by atoms with Gasteiger partial charge >= 0.3 is 0 Å². The van der Waals surface area contributed by atoms with Crippen LogP contribution in [0.2, 0.25) is 0 Å². The first-order chi connectivity index (χ1) is 9.13. The molecule has 2 nitrogen and oxygen atoms in total. The lowest BCUT2D eigenvalue weighted by molar-refractivity contribution is 0.120. The molecule has 0 aliphatic heterocycles. The molecule has 1 aliphatic rings. The average molecular weight is 345 g/mol. The van der Waals surface area contributed by atoms with Crippen molar-refractivity contribution in [1.29, 1.82) is 0 Å². The maximum atomic E-state index is 6.42. The Labute approximate surface area is 129 Å². The van der Waals surface area contributed by atoms with Crippen LogP contribution in [0.3, 0.4) is 0 Å². The molecule has 4 heteroatoms. The minimum Gasteiger partial charge on any atom is -0.326 e. The van der Waals surface area contributed by atoms with Crippen molar-refractivity contribution in [2.45, 2.75) is 63.6 Å². The van der Waals surface area contributed by atoms with E-state index >= 15 is 0 Å². The Kier molecular flexibility index (Phi) is 5.87. The second-order valence-corrected chi connectivity index (χ2v) is 8.11. The fraction of sp³-hybridized carbons (Fsp3) is 0.733. The quantitative estimate of drug-likeness (QED) is 0.848. The molecule has 0 amide bonds. The van der Waals surface area contributed by atoms with Gasteiger partial charge in [0.15, 0.2) is 0 Å². The molecule has 1 aliphatic carbocycles. The van der Waals surface area contributed by atoms with Gasteiger partial charge in [-0.3, -0.25) is 4.90 Å². The van der Waals surface area contributed by atoms with Gasteiger partial charge < -0.3 is 5.73 Å². The molecule has 2 N–H and O–H groups in total. The van der Waals surface area contributed by atoms with Crippen molar-refractivity contribution in [3.05, 3.63) is 20.8 Å². The van der Waals surface area contributed by atoms with Gasteiger partial charge in [0, 0.05) is 17.0 Å². The lowest BCUT2D eigenvalue weighted by Gasteiger charge is -2.39. The summed E-state index contributed by atoms with van der Waals surface area (Å²) in [5, 5.41) is 0. The Morgan fingerprint density at radius 1 is 1.37 bits per heavy atom. The molecule has 2 atom stereocenters. The zero-order valence-corrected chi connectivity index (χ0v) is 14.3. The number of halogens is 1. The number of nitrogens with two attached hydrogens (primary N) is 1. The van der Waals surface area contributed by atoms with E-state index in [0.29, 0.717) is 12.1 Å². The van der Waals surface area contributed by atoms with Crippen molar-refractivity contribution >= 4 is 27.3 Å². The number of hydrogen-bond donors (Lipinski definition) is 1. The summed E-state index contributed by atoms with van der Waals surface area (Å²) in [6.45, 7) is 2.19. The standard InChI is InChI=1S/C15H25BrN2S/c1-3-12(17)15(13-9-10-14(16)19-13)18(2)11-7-5-4-6-8-11/h9-12,15H,3-8,17H2,1-2H3. The van der Waals surface area contributed by atoms with Crippen LogP contribution in [0.5, 0.6) is 0 Å². The van der Waals surface area contributed by atoms with Crippen LogP contribution in [0, 0.1) is 0 Å². The van der Waals surface area contributed by atoms with E-state index in [2.05, 4.69) is 46.9 Å². The third kappa shape index (κ3) is 3.81. The molecule has 1 fully saturated rings. The molecule has 1 heterocycles. The van der Waals surface area contributed by atoms with Crippen LogP contribution in [-0.2, 0) is 0 Å². The van der Waals surface area contributed by atoms with Gasteiger partial charge in [0.05, 0.1) is 9.83 Å². The van der Waals surface area contributed by atoms with Crippen LogP contribution in [0.4, 0.5) is 0 Å². The van der Waals surface area contributed by atoms with Crippen molar-refractivity contribution in [2.75, 3.05) is 7.05 Å². The van der Waals surface area contributed by atoms with E-state index in [0.717, 1.165) is 6.42 Å². The molecule has 0 aromatic carbocycles. The molecule has 2 unspecified atom stereocenters. The van der Waals surface area contributed by atoms with Gasteiger partial charge in [0.2, 0.25) is 0 Å². The highest BCUT2D eigenvalue weighted by atomic mass is 79.9. The van der Waals surface area contributed by atoms with Crippen LogP contribution >= 0.6 is 27.3 Å². The highest BCUT2D eigenvalue weighted by Gasteiger charge is 2.30. The molecule has 1 saturated carbocycles. The van der Waals surface area contributed by atoms with Crippen LogP contribution in [0.25, 0.3) is 0 Å². The summed E-state index contributed by atoms with van der Waals surface area (Å²) in [5.74, 6) is 0. The highest BCUT2D eigenvalue weighted by molar-refractivity contribution is 9.11. The van der Waals surface area contributed by atoms with Crippen molar-refractivity contribution in [2.24, 2.45) is 5.73 Å². The van der Waals surface area contributed by atoms with Gasteiger partial charge in [-0.25, -0.2) is 0 Å². The van der Waals surface area contributed by atoms with Gasteiger partial charge in [-0.2, -0.15) is 0 Å². The first-order valence-electron chi connectivity index (χ1n) is 7.36. The Morgan fingerprint density at radius 3 is 2.58 bits per heavy atom. The van der Waals surface area contributed by atoms with Crippen molar-refractivity contribution in [3.8, 4) is 0 Å². The maximum absolute atomic E-state index is 6.42. The number of hydrogen-bond acceptors (Lipinski definition) is 3. The Balaban J connectivity index is 2.16. The third-order valence-electron chi connectivity index (χ3n) is 4.35. The summed E-state index contributed by atoms with van der Waals surface area (Å²) in [6, 6.07) is 5.66. The molecule has 108 valence electrons. The summed E-state index contributed by atoms with van der Waals surface area (Å²) < 4.78 is 1.20. The minimum atomic E-state index is 0.220. The van der Waals surface area contributed by atoms with Crippen molar-refractivity contribution < 1.29 is 0 Å². The fourth-order valence-electron chi connectivity index (χ4n) is 3.14. The van der Waals surface area contributed by atoms with Gasteiger partial charge in [-0.05, 0) is 54.4 Å². The van der Waals surface area contributed by atoms with Crippen molar-refractivity contribution in [3.63, 3.8) is 0 Å². The SMILES string of the molecule is CCC(N)C(c1ccc(Br)s1)N(C)C1CCCCC1. The smallest absolute Gasteiger partial charge is 0.0702 e. The minimum absolute atomic E-state index is 0.220. The highest BCUT2D eigenvalue weighted by Crippen LogP contribution is 2.36. The molecule has 19 heavy (non-hydrogen) atoms. The second kappa shape index (κ2) is 7.21.